The number of carbonyl (C=O) groups is 2. The molecule has 3 saturated heterocycles. The zero-order chi connectivity index (χ0) is 17.4. The van der Waals surface area contributed by atoms with E-state index in [1.54, 1.807) is 6.20 Å². The van der Waals surface area contributed by atoms with Crippen LogP contribution in [-0.4, -0.2) is 76.7 Å². The first-order valence-electron chi connectivity index (χ1n) is 9.30. The average molecular weight is 362 g/mol. The molecule has 4 heterocycles. The summed E-state index contributed by atoms with van der Waals surface area (Å²) in [6.45, 7) is 4.21. The van der Waals surface area contributed by atoms with Crippen LogP contribution in [0.4, 0.5) is 0 Å². The first kappa shape index (κ1) is 17.0. The van der Waals surface area contributed by atoms with Crippen molar-refractivity contribution < 1.29 is 9.59 Å². The van der Waals surface area contributed by atoms with E-state index in [2.05, 4.69) is 21.2 Å². The van der Waals surface area contributed by atoms with Crippen LogP contribution in [0.2, 0.25) is 0 Å². The van der Waals surface area contributed by atoms with Crippen LogP contribution < -0.4 is 0 Å². The third-order valence-electron chi connectivity index (χ3n) is 6.22. The van der Waals surface area contributed by atoms with Crippen LogP contribution in [0.25, 0.3) is 0 Å². The van der Waals surface area contributed by atoms with Gasteiger partial charge in [0.15, 0.2) is 0 Å². The standard InChI is InChI=1S/C18H26N4O2S/c1-20-10-6-18(17(24)21-7-2-3-8-21)5-4-9-22(15(18)12-20)16(23)14-11-19-25-13-14/h11,13,15H,2-10,12H2,1H3/t15-,18+/m0/s1. The van der Waals surface area contributed by atoms with Gasteiger partial charge in [0.05, 0.1) is 23.2 Å². The van der Waals surface area contributed by atoms with E-state index >= 15 is 0 Å². The summed E-state index contributed by atoms with van der Waals surface area (Å²) < 4.78 is 4.08. The van der Waals surface area contributed by atoms with E-state index in [-0.39, 0.29) is 11.9 Å². The molecule has 1 aromatic rings. The van der Waals surface area contributed by atoms with E-state index in [0.29, 0.717) is 11.5 Å². The van der Waals surface area contributed by atoms with Crippen molar-refractivity contribution in [3.8, 4) is 0 Å². The van der Waals surface area contributed by atoms with Gasteiger partial charge in [0.1, 0.15) is 0 Å². The van der Waals surface area contributed by atoms with Crippen LogP contribution in [0.1, 0.15) is 42.5 Å². The molecule has 0 saturated carbocycles. The largest absolute Gasteiger partial charge is 0.342 e. The Labute approximate surface area is 152 Å². The predicted molar refractivity (Wildman–Crippen MR) is 96.5 cm³/mol. The maximum Gasteiger partial charge on any atom is 0.256 e. The Kier molecular flexibility index (Phi) is 4.54. The van der Waals surface area contributed by atoms with Crippen LogP contribution in [0.3, 0.4) is 0 Å². The maximum atomic E-state index is 13.5. The van der Waals surface area contributed by atoms with Crippen molar-refractivity contribution in [3.63, 3.8) is 0 Å². The molecule has 3 aliphatic rings. The number of carbonyl (C=O) groups excluding carboxylic acids is 2. The van der Waals surface area contributed by atoms with Gasteiger partial charge in [-0.05, 0) is 57.2 Å². The summed E-state index contributed by atoms with van der Waals surface area (Å²) in [6.07, 6.45) is 6.54. The third kappa shape index (κ3) is 2.87. The van der Waals surface area contributed by atoms with Crippen LogP contribution in [0.5, 0.6) is 0 Å². The monoisotopic (exact) mass is 362 g/mol. The van der Waals surface area contributed by atoms with Gasteiger partial charge in [0.25, 0.3) is 5.91 Å². The van der Waals surface area contributed by atoms with Gasteiger partial charge in [-0.3, -0.25) is 9.59 Å². The van der Waals surface area contributed by atoms with E-state index in [1.807, 2.05) is 10.3 Å². The van der Waals surface area contributed by atoms with E-state index in [1.165, 1.54) is 11.5 Å². The molecule has 136 valence electrons. The predicted octanol–water partition coefficient (Wildman–Crippen LogP) is 1.69. The van der Waals surface area contributed by atoms with Gasteiger partial charge in [-0.1, -0.05) is 0 Å². The summed E-state index contributed by atoms with van der Waals surface area (Å²) in [5, 5.41) is 1.81. The molecule has 0 radical (unpaired) electrons. The Morgan fingerprint density at radius 1 is 1.16 bits per heavy atom. The minimum absolute atomic E-state index is 0.0273. The summed E-state index contributed by atoms with van der Waals surface area (Å²) >= 11 is 1.30. The van der Waals surface area contributed by atoms with E-state index in [0.717, 1.165) is 64.8 Å². The lowest BCUT2D eigenvalue weighted by molar-refractivity contribution is -0.152. The topological polar surface area (TPSA) is 56.8 Å². The van der Waals surface area contributed by atoms with Crippen molar-refractivity contribution in [2.45, 2.75) is 38.1 Å². The number of nitrogens with zero attached hydrogens (tertiary/aromatic N) is 4. The van der Waals surface area contributed by atoms with Crippen molar-refractivity contribution in [1.29, 1.82) is 0 Å². The van der Waals surface area contributed by atoms with Crippen LogP contribution >= 0.6 is 11.5 Å². The van der Waals surface area contributed by atoms with E-state index in [9.17, 15) is 9.59 Å². The number of amides is 2. The van der Waals surface area contributed by atoms with Gasteiger partial charge < -0.3 is 14.7 Å². The van der Waals surface area contributed by atoms with Gasteiger partial charge >= 0.3 is 0 Å². The molecule has 7 heteroatoms. The Morgan fingerprint density at radius 3 is 2.68 bits per heavy atom. The molecule has 1 aromatic heterocycles. The summed E-state index contributed by atoms with van der Waals surface area (Å²) in [5.41, 5.74) is 0.261. The van der Waals surface area contributed by atoms with Crippen molar-refractivity contribution in [2.75, 3.05) is 39.8 Å². The molecule has 4 rings (SSSR count). The fraction of sp³-hybridized carbons (Fsp3) is 0.722. The molecule has 0 aromatic carbocycles. The molecule has 6 nitrogen and oxygen atoms in total. The Bertz CT molecular complexity index is 644. The van der Waals surface area contributed by atoms with Gasteiger partial charge in [0.2, 0.25) is 5.91 Å². The highest BCUT2D eigenvalue weighted by atomic mass is 32.1. The maximum absolute atomic E-state index is 13.5. The molecule has 2 amide bonds. The molecular formula is C18H26N4O2S. The summed E-state index contributed by atoms with van der Waals surface area (Å²) in [5.74, 6) is 0.330. The summed E-state index contributed by atoms with van der Waals surface area (Å²) in [7, 11) is 2.09. The number of hydrogen-bond acceptors (Lipinski definition) is 5. The Morgan fingerprint density at radius 2 is 1.96 bits per heavy atom. The number of likely N-dealkylation sites (tertiary alicyclic amines) is 3. The van der Waals surface area contributed by atoms with Crippen molar-refractivity contribution in [2.24, 2.45) is 5.41 Å². The number of piperidine rings is 2. The van der Waals surface area contributed by atoms with E-state index < -0.39 is 5.41 Å². The number of aromatic nitrogens is 1. The highest BCUT2D eigenvalue weighted by Crippen LogP contribution is 2.44. The number of rotatable bonds is 2. The minimum atomic E-state index is -0.395. The first-order chi connectivity index (χ1) is 12.1. The van der Waals surface area contributed by atoms with Gasteiger partial charge in [0, 0.05) is 31.6 Å². The lowest BCUT2D eigenvalue weighted by Gasteiger charge is -2.54. The quantitative estimate of drug-likeness (QED) is 0.803. The molecule has 0 aliphatic carbocycles. The van der Waals surface area contributed by atoms with Crippen LogP contribution in [-0.2, 0) is 4.79 Å². The van der Waals surface area contributed by atoms with Crippen LogP contribution in [0, 0.1) is 5.41 Å². The molecular weight excluding hydrogens is 336 g/mol. The second kappa shape index (κ2) is 6.68. The zero-order valence-electron chi connectivity index (χ0n) is 14.8. The lowest BCUT2D eigenvalue weighted by atomic mass is 9.67. The molecule has 0 bridgehead atoms. The average Bonchev–Trinajstić information content (AvgIpc) is 3.33. The highest BCUT2D eigenvalue weighted by molar-refractivity contribution is 7.03. The SMILES string of the molecule is CN1CC[C@]2(C(=O)N3CCCC3)CCCN(C(=O)c3cnsc3)[C@H]2C1. The van der Waals surface area contributed by atoms with Crippen molar-refractivity contribution >= 4 is 23.3 Å². The number of likely N-dealkylation sites (N-methyl/N-ethyl adjacent to an activating group) is 1. The summed E-state index contributed by atoms with van der Waals surface area (Å²) in [6, 6.07) is -0.0273. The van der Waals surface area contributed by atoms with E-state index in [4.69, 9.17) is 0 Å². The molecule has 3 aliphatic heterocycles. The molecule has 0 spiro atoms. The number of fused-ring (bicyclic) bond motifs is 1. The van der Waals surface area contributed by atoms with Gasteiger partial charge in [-0.15, -0.1) is 0 Å². The lowest BCUT2D eigenvalue weighted by Crippen LogP contribution is -2.66. The fourth-order valence-electron chi connectivity index (χ4n) is 4.84. The van der Waals surface area contributed by atoms with Crippen molar-refractivity contribution in [3.05, 3.63) is 17.1 Å². The van der Waals surface area contributed by atoms with Crippen molar-refractivity contribution in [1.82, 2.24) is 19.1 Å². The second-order valence-electron chi connectivity index (χ2n) is 7.70. The summed E-state index contributed by atoms with van der Waals surface area (Å²) in [4.78, 5) is 32.8. The molecule has 2 atom stereocenters. The second-order valence-corrected chi connectivity index (χ2v) is 8.36. The molecule has 0 unspecified atom stereocenters. The Hall–Kier alpha value is -1.47. The van der Waals surface area contributed by atoms with Crippen LogP contribution in [0.15, 0.2) is 11.6 Å². The smallest absolute Gasteiger partial charge is 0.256 e. The van der Waals surface area contributed by atoms with Gasteiger partial charge in [-0.2, -0.15) is 0 Å². The highest BCUT2D eigenvalue weighted by Gasteiger charge is 2.54. The molecule has 3 fully saturated rings. The first-order valence-corrected chi connectivity index (χ1v) is 10.1. The fourth-order valence-corrected chi connectivity index (χ4v) is 5.35. The third-order valence-corrected chi connectivity index (χ3v) is 6.81. The minimum Gasteiger partial charge on any atom is -0.342 e. The van der Waals surface area contributed by atoms with Gasteiger partial charge in [-0.25, -0.2) is 4.37 Å². The zero-order valence-corrected chi connectivity index (χ0v) is 15.6. The normalized spacial score (nSPS) is 30.4. The molecule has 0 N–H and O–H groups in total. The number of hydrogen-bond donors (Lipinski definition) is 0. The molecule has 25 heavy (non-hydrogen) atoms. The Balaban J connectivity index is 1.66.